The van der Waals surface area contributed by atoms with E-state index in [0.29, 0.717) is 11.8 Å². The molecule has 0 unspecified atom stereocenters. The molecule has 0 bridgehead atoms. The lowest BCUT2D eigenvalue weighted by molar-refractivity contribution is -0.384. The highest BCUT2D eigenvalue weighted by Crippen LogP contribution is 2.61. The molecule has 14 heteroatoms. The first-order valence-electron chi connectivity index (χ1n) is 14.5. The SMILES string of the molecule is CC(C)(C)[C@@H](C[P+](Cc1cc(C(F)(F)F)cc(C(F)(F)F)c1)(c1ccccc1)c1ccccc1)NC(=S)Nc1ccc([N+](=O)[O-])cc1.[Br-]. The number of non-ortho nitro benzene ring substituents is 1. The Hall–Kier alpha value is -3.54. The van der Waals surface area contributed by atoms with Gasteiger partial charge in [0.15, 0.2) is 5.11 Å². The average molecular weight is 773 g/mol. The summed E-state index contributed by atoms with van der Waals surface area (Å²) >= 11 is 5.64. The van der Waals surface area contributed by atoms with Gasteiger partial charge in [0.1, 0.15) is 0 Å². The lowest BCUT2D eigenvalue weighted by Gasteiger charge is -2.38. The summed E-state index contributed by atoms with van der Waals surface area (Å²) in [7, 11) is -2.84. The van der Waals surface area contributed by atoms with Crippen LogP contribution in [0, 0.1) is 15.5 Å². The second-order valence-corrected chi connectivity index (χ2v) is 16.3. The van der Waals surface area contributed by atoms with E-state index in [2.05, 4.69) is 10.6 Å². The molecular formula is C34H33BrF6N3O2PS. The maximum absolute atomic E-state index is 13.9. The van der Waals surface area contributed by atoms with Gasteiger partial charge in [-0.25, -0.2) is 0 Å². The molecule has 0 radical (unpaired) electrons. The standard InChI is InChI=1S/C34H32F6N3O2PS.BrH/c1-32(2,3)30(42-31(47)41-26-14-16-27(17-15-26)43(44)45)22-46(28-10-6-4-7-11-28,29-12-8-5-9-13-29)21-23-18-24(33(35,36)37)20-25(19-23)34(38,39)40;/h4-20,30H,21-22H2,1-3H3,(H-,41,42,47);1H/t30-;/m1./s1. The summed E-state index contributed by atoms with van der Waals surface area (Å²) in [6.07, 6.45) is -9.72. The van der Waals surface area contributed by atoms with Crippen LogP contribution in [-0.4, -0.2) is 22.2 Å². The molecule has 0 aliphatic rings. The summed E-state index contributed by atoms with van der Waals surface area (Å²) in [6.45, 7) is 5.90. The fraction of sp³-hybridized carbons (Fsp3) is 0.265. The van der Waals surface area contributed by atoms with Crippen molar-refractivity contribution in [3.63, 3.8) is 0 Å². The van der Waals surface area contributed by atoms with Crippen molar-refractivity contribution in [3.05, 3.63) is 130 Å². The molecule has 4 aromatic carbocycles. The van der Waals surface area contributed by atoms with E-state index in [4.69, 9.17) is 12.2 Å². The van der Waals surface area contributed by atoms with Crippen LogP contribution < -0.4 is 38.2 Å². The fourth-order valence-corrected chi connectivity index (χ4v) is 10.3. The zero-order chi connectivity index (χ0) is 34.6. The minimum Gasteiger partial charge on any atom is -1.00 e. The highest BCUT2D eigenvalue weighted by Gasteiger charge is 2.48. The van der Waals surface area contributed by atoms with Gasteiger partial charge >= 0.3 is 12.4 Å². The third-order valence-electron chi connectivity index (χ3n) is 7.78. The number of anilines is 1. The number of nitrogens with one attached hydrogen (secondary N) is 2. The van der Waals surface area contributed by atoms with Crippen LogP contribution in [0.2, 0.25) is 0 Å². The van der Waals surface area contributed by atoms with Crippen molar-refractivity contribution in [2.75, 3.05) is 11.5 Å². The molecule has 0 heterocycles. The number of nitro groups is 1. The van der Waals surface area contributed by atoms with Crippen molar-refractivity contribution >= 4 is 46.6 Å². The average Bonchev–Trinajstić information content (AvgIpc) is 3.00. The van der Waals surface area contributed by atoms with E-state index in [1.807, 2.05) is 45.0 Å². The first-order chi connectivity index (χ1) is 21.9. The molecule has 0 saturated carbocycles. The highest BCUT2D eigenvalue weighted by atomic mass is 79.9. The van der Waals surface area contributed by atoms with E-state index in [1.54, 1.807) is 36.4 Å². The number of hydrogen-bond acceptors (Lipinski definition) is 3. The molecule has 4 rings (SSSR count). The Kier molecular flexibility index (Phi) is 12.4. The van der Waals surface area contributed by atoms with Crippen LogP contribution in [0.15, 0.2) is 103 Å². The number of halogens is 7. The number of nitrogens with zero attached hydrogens (tertiary/aromatic N) is 1. The second kappa shape index (κ2) is 15.3. The molecule has 0 amide bonds. The van der Waals surface area contributed by atoms with Crippen molar-refractivity contribution < 1.29 is 48.2 Å². The minimum atomic E-state index is -4.98. The number of rotatable bonds is 9. The zero-order valence-electron chi connectivity index (χ0n) is 26.1. The van der Waals surface area contributed by atoms with Crippen LogP contribution in [-0.2, 0) is 18.5 Å². The van der Waals surface area contributed by atoms with Gasteiger partial charge in [-0.3, -0.25) is 10.1 Å². The van der Waals surface area contributed by atoms with Gasteiger partial charge in [0.05, 0.1) is 52.3 Å². The Labute approximate surface area is 291 Å². The molecule has 4 aromatic rings. The van der Waals surface area contributed by atoms with Crippen LogP contribution in [0.3, 0.4) is 0 Å². The molecule has 0 aliphatic carbocycles. The number of thiocarbonyl (C=S) groups is 1. The molecule has 0 spiro atoms. The van der Waals surface area contributed by atoms with Gasteiger partial charge in [-0.2, -0.15) is 26.3 Å². The number of hydrogen-bond donors (Lipinski definition) is 2. The molecule has 1 atom stereocenters. The smallest absolute Gasteiger partial charge is 0.416 e. The molecule has 2 N–H and O–H groups in total. The van der Waals surface area contributed by atoms with Gasteiger partial charge in [0.2, 0.25) is 0 Å². The monoisotopic (exact) mass is 771 g/mol. The Morgan fingerprint density at radius 2 is 1.25 bits per heavy atom. The van der Waals surface area contributed by atoms with Crippen molar-refractivity contribution in [2.45, 2.75) is 45.3 Å². The normalized spacial score (nSPS) is 12.9. The van der Waals surface area contributed by atoms with Crippen LogP contribution >= 0.6 is 19.5 Å². The minimum absolute atomic E-state index is 0. The quantitative estimate of drug-likeness (QED) is 0.0698. The second-order valence-electron chi connectivity index (χ2n) is 12.2. The van der Waals surface area contributed by atoms with Gasteiger partial charge in [-0.15, -0.1) is 0 Å². The number of alkyl halides is 6. The van der Waals surface area contributed by atoms with Crippen LogP contribution in [0.5, 0.6) is 0 Å². The lowest BCUT2D eigenvalue weighted by Crippen LogP contribution is -3.00. The first-order valence-corrected chi connectivity index (χ1v) is 17.0. The Morgan fingerprint density at radius 3 is 1.65 bits per heavy atom. The summed E-state index contributed by atoms with van der Waals surface area (Å²) in [6, 6.07) is 25.3. The van der Waals surface area contributed by atoms with Crippen molar-refractivity contribution in [1.82, 2.24) is 5.32 Å². The third-order valence-corrected chi connectivity index (χ3v) is 12.5. The maximum Gasteiger partial charge on any atom is 0.416 e. The summed E-state index contributed by atoms with van der Waals surface area (Å²) in [5.74, 6) is 0. The summed E-state index contributed by atoms with van der Waals surface area (Å²) in [5.41, 5.74) is -2.89. The Bertz CT molecular complexity index is 1630. The van der Waals surface area contributed by atoms with Gasteiger partial charge in [0.25, 0.3) is 5.69 Å². The van der Waals surface area contributed by atoms with Gasteiger partial charge in [-0.05, 0) is 77.8 Å². The molecule has 0 fully saturated rings. The summed E-state index contributed by atoms with van der Waals surface area (Å²) < 4.78 is 83.7. The molecule has 5 nitrogen and oxygen atoms in total. The summed E-state index contributed by atoms with van der Waals surface area (Å²) in [5, 5.41) is 19.3. The lowest BCUT2D eigenvalue weighted by atomic mass is 9.88. The molecule has 48 heavy (non-hydrogen) atoms. The summed E-state index contributed by atoms with van der Waals surface area (Å²) in [4.78, 5) is 10.5. The molecule has 0 aliphatic heterocycles. The molecule has 0 aromatic heterocycles. The van der Waals surface area contributed by atoms with E-state index in [1.165, 1.54) is 24.3 Å². The number of nitro benzene ring substituents is 1. The van der Waals surface area contributed by atoms with E-state index < -0.39 is 47.1 Å². The van der Waals surface area contributed by atoms with Crippen molar-refractivity contribution in [1.29, 1.82) is 0 Å². The predicted molar refractivity (Wildman–Crippen MR) is 180 cm³/mol. The van der Waals surface area contributed by atoms with E-state index in [0.717, 1.165) is 22.7 Å². The Balaban J connectivity index is 0.00000625. The van der Waals surface area contributed by atoms with E-state index in [-0.39, 0.29) is 45.6 Å². The molecular weight excluding hydrogens is 739 g/mol. The third kappa shape index (κ3) is 9.76. The van der Waals surface area contributed by atoms with Crippen LogP contribution in [0.1, 0.15) is 37.5 Å². The highest BCUT2D eigenvalue weighted by molar-refractivity contribution is 7.88. The van der Waals surface area contributed by atoms with Gasteiger partial charge < -0.3 is 27.6 Å². The molecule has 0 saturated heterocycles. The maximum atomic E-state index is 13.9. The van der Waals surface area contributed by atoms with Gasteiger partial charge in [-0.1, -0.05) is 57.2 Å². The van der Waals surface area contributed by atoms with Crippen molar-refractivity contribution in [2.24, 2.45) is 5.41 Å². The fourth-order valence-electron chi connectivity index (χ4n) is 5.30. The number of benzene rings is 4. The van der Waals surface area contributed by atoms with Crippen LogP contribution in [0.4, 0.5) is 37.7 Å². The van der Waals surface area contributed by atoms with E-state index in [9.17, 15) is 36.5 Å². The first kappa shape index (κ1) is 38.9. The van der Waals surface area contributed by atoms with Gasteiger partial charge in [0, 0.05) is 17.8 Å². The Morgan fingerprint density at radius 1 is 0.792 bits per heavy atom. The predicted octanol–water partition coefficient (Wildman–Crippen LogP) is 6.21. The zero-order valence-corrected chi connectivity index (χ0v) is 29.4. The molecule has 256 valence electrons. The van der Waals surface area contributed by atoms with Crippen molar-refractivity contribution in [3.8, 4) is 0 Å². The topological polar surface area (TPSA) is 67.2 Å². The van der Waals surface area contributed by atoms with Crippen LogP contribution in [0.25, 0.3) is 0 Å². The van der Waals surface area contributed by atoms with E-state index >= 15 is 0 Å². The largest absolute Gasteiger partial charge is 1.00 e.